The Morgan fingerprint density at radius 3 is 1.85 bits per heavy atom. The highest BCUT2D eigenvalue weighted by Gasteiger charge is 2.41. The van der Waals surface area contributed by atoms with Gasteiger partial charge in [-0.3, -0.25) is 82.0 Å². The number of nitrogens with one attached hydrogen (secondary N) is 8. The number of azo groups is 1. The van der Waals surface area contributed by atoms with Crippen molar-refractivity contribution in [3.8, 4) is 22.8 Å². The minimum Gasteiger partial charge on any atom is -0.505 e. The zero-order chi connectivity index (χ0) is 98.3. The maximum atomic E-state index is 14.3. The lowest BCUT2D eigenvalue weighted by Crippen LogP contribution is -2.58. The van der Waals surface area contributed by atoms with Crippen molar-refractivity contribution in [2.45, 2.75) is 131 Å². The van der Waals surface area contributed by atoms with Crippen LogP contribution in [0.3, 0.4) is 0 Å². The number of phenolic OH excluding ortho intramolecular Hbond substituents is 1. The van der Waals surface area contributed by atoms with E-state index in [2.05, 4.69) is 72.7 Å². The molecule has 50 heteroatoms. The molecule has 46 nitrogen and oxygen atoms in total. The molecule has 2 fully saturated rings. The number of likely N-dealkylation sites (tertiary alicyclic amines) is 1. The van der Waals surface area contributed by atoms with Gasteiger partial charge >= 0.3 is 17.9 Å². The number of benzene rings is 5. The van der Waals surface area contributed by atoms with Crippen LogP contribution in [-0.2, 0) is 101 Å². The number of aliphatic carboxylic acids is 3. The standard InChI is InChI=1S/C85H107N21O25S4/c1-47(2)73(97-79(118)59(22-33-132-5)93-68(111)40-102-25-26-103(41-70(113)114)28-30-105(44-131-46-108)32-31-104(29-27-102)43-130-45-107)80(119)96-60(83(122)123)8-6-7-23-88-78(117)62(94-66(109)20-19-61(84(124)125)95-77(116)50-9-13-53(14-10-50)89-38-54-39-90-76-74(91-54)81(120)99-85(87)98-76)42-133-63-36-69(112)106(82(63)121)24-21-67(110)92-56-16-11-51(34-48(56)3)52-12-17-57(49(4)35-52)100-101-58-18-15-55-64(134(126)127)37-65(135(128)129)72(86)71(55)75(58)115/h9-18,34-35,37,39,45-47,59-63,73,89,115H,6-8,19-33,36,38,40-44,86H2,1-5H3,(H,88,117)(H,92,110)(H,93,111)(H,94,109)(H,95,116)(H,96,119)(H,97,118)(H,113,114)(H,122,123)(H,124,125)(H,126,127)(H,128,129)(H3,87,90,98,99,120)/t59-,60-,61?,62-,63?,73-/m1/s1. The number of ether oxygens (including phenoxy) is 2. The number of carboxylic acids is 3. The molecule has 0 radical (unpaired) electrons. The number of aromatic nitrogens is 4. The van der Waals surface area contributed by atoms with Crippen molar-refractivity contribution in [2.75, 3.05) is 132 Å². The summed E-state index contributed by atoms with van der Waals surface area (Å²) in [4.78, 5) is 208. The third-order valence-electron chi connectivity index (χ3n) is 21.8. The molecule has 2 aliphatic heterocycles. The molecule has 2 aromatic heterocycles. The minimum absolute atomic E-state index is 0.0139. The van der Waals surface area contributed by atoms with E-state index < -0.39 is 159 Å². The summed E-state index contributed by atoms with van der Waals surface area (Å²) in [7, 11) is 0. The first-order valence-corrected chi connectivity index (χ1v) is 47.0. The van der Waals surface area contributed by atoms with Crippen molar-refractivity contribution in [1.29, 1.82) is 0 Å². The monoisotopic (exact) mass is 1950 g/mol. The smallest absolute Gasteiger partial charge is 0.326 e. The Balaban J connectivity index is 0.804. The van der Waals surface area contributed by atoms with Crippen LogP contribution in [0.2, 0.25) is 0 Å². The molecule has 0 saturated carbocycles. The molecule has 0 spiro atoms. The number of hydrogen-bond donors (Lipinski definition) is 17. The number of anilines is 4. The molecule has 726 valence electrons. The van der Waals surface area contributed by atoms with Gasteiger partial charge in [-0.25, -0.2) is 28.0 Å². The third kappa shape index (κ3) is 31.3. The molecule has 2 saturated heterocycles. The largest absolute Gasteiger partial charge is 0.505 e. The Morgan fingerprint density at radius 2 is 1.24 bits per heavy atom. The van der Waals surface area contributed by atoms with Crippen LogP contribution in [-0.4, -0.2) is 317 Å². The Morgan fingerprint density at radius 1 is 0.637 bits per heavy atom. The van der Waals surface area contributed by atoms with Crippen LogP contribution in [0.5, 0.6) is 11.6 Å². The summed E-state index contributed by atoms with van der Waals surface area (Å²) in [6, 6.07) is 12.8. The molecule has 5 aromatic carbocycles. The maximum Gasteiger partial charge on any atom is 0.326 e. The van der Waals surface area contributed by atoms with E-state index in [-0.39, 0.29) is 184 Å². The summed E-state index contributed by atoms with van der Waals surface area (Å²) in [5.41, 5.74) is 15.9. The number of rotatable bonds is 48. The summed E-state index contributed by atoms with van der Waals surface area (Å²) in [5.74, 6) is -12.5. The second kappa shape index (κ2) is 51.4. The van der Waals surface area contributed by atoms with E-state index in [1.165, 1.54) is 54.4 Å². The number of carboxylic acid groups (broad SMARTS) is 3. The van der Waals surface area contributed by atoms with Gasteiger partial charge in [0.1, 0.15) is 49.4 Å². The van der Waals surface area contributed by atoms with Crippen molar-refractivity contribution >= 4 is 186 Å². The van der Waals surface area contributed by atoms with Gasteiger partial charge in [0.2, 0.25) is 59.1 Å². The van der Waals surface area contributed by atoms with Gasteiger partial charge in [-0.15, -0.1) is 16.9 Å². The second-order valence-electron chi connectivity index (χ2n) is 31.8. The Hall–Kier alpha value is -13.1. The van der Waals surface area contributed by atoms with Gasteiger partial charge in [-0.2, -0.15) is 26.8 Å². The predicted molar refractivity (Wildman–Crippen MR) is 495 cm³/mol. The molecule has 0 bridgehead atoms. The number of fused-ring (bicyclic) bond motifs is 2. The molecule has 135 heavy (non-hydrogen) atoms. The summed E-state index contributed by atoms with van der Waals surface area (Å²) >= 11 is -3.07. The highest BCUT2D eigenvalue weighted by Crippen LogP contribution is 2.44. The molecule has 7 aromatic rings. The van der Waals surface area contributed by atoms with Crippen LogP contribution in [0, 0.1) is 19.8 Å². The van der Waals surface area contributed by atoms with Crippen LogP contribution in [0.1, 0.15) is 92.4 Å². The average Bonchev–Trinajstić information content (AvgIpc) is 1.21. The SMILES string of the molecule is CSCC[C@@H](NC(=O)CN1CCN(COC=O)CCN(COC=O)CCN(CC(=O)O)CC1)C(=O)N[C@@H](C(=O)N[C@H](CCCCNC(=O)[C@@H](CSC1CC(=O)N(CCC(=O)Nc2ccc(-c3ccc(N=Nc4ccc5c(S(=O)O)cc(S(=O)O)c(N)c5c4O)c(C)c3)cc2C)C1=O)NC(=O)CCC(NC(=O)c1ccc(NCc2cnc3nc(N)nc(O)c3n2)cc1)C(=O)O)C(=O)O)C(C)C. The second-order valence-corrected chi connectivity index (χ2v) is 35.9. The Kier molecular flexibility index (Phi) is 40.2. The topological polar surface area (TPSA) is 674 Å². The summed E-state index contributed by atoms with van der Waals surface area (Å²) in [6.45, 7) is 8.15. The van der Waals surface area contributed by atoms with Gasteiger partial charge in [-0.1, -0.05) is 32.0 Å². The van der Waals surface area contributed by atoms with Gasteiger partial charge in [0, 0.05) is 113 Å². The number of hydrogen-bond acceptors (Lipinski definition) is 35. The molecular formula is C85H107N21O25S4. The minimum atomic E-state index is -2.67. The first kappa shape index (κ1) is 106. The van der Waals surface area contributed by atoms with E-state index in [0.29, 0.717) is 65.7 Å². The van der Waals surface area contributed by atoms with Crippen LogP contribution in [0.25, 0.3) is 33.1 Å². The zero-order valence-corrected chi connectivity index (χ0v) is 77.4. The van der Waals surface area contributed by atoms with E-state index in [4.69, 9.17) is 20.9 Å². The molecule has 0 aliphatic carbocycles. The van der Waals surface area contributed by atoms with E-state index in [1.807, 2.05) is 12.1 Å². The maximum absolute atomic E-state index is 14.3. The number of amides is 9. The zero-order valence-electron chi connectivity index (χ0n) is 74.1. The van der Waals surface area contributed by atoms with Gasteiger partial charge < -0.3 is 98.1 Å². The molecule has 19 N–H and O–H groups in total. The first-order chi connectivity index (χ1) is 64.4. The fraction of sp³-hybridized carbons (Fsp3) is 0.435. The number of aryl methyl sites for hydroxylation is 2. The lowest BCUT2D eigenvalue weighted by atomic mass is 10.00. The number of aromatic hydroxyl groups is 2. The summed E-state index contributed by atoms with van der Waals surface area (Å²) < 4.78 is 53.9. The van der Waals surface area contributed by atoms with E-state index in [9.17, 15) is 110 Å². The van der Waals surface area contributed by atoms with Gasteiger partial charge in [0.25, 0.3) is 18.9 Å². The molecule has 4 unspecified atom stereocenters. The van der Waals surface area contributed by atoms with Crippen LogP contribution >= 0.6 is 23.5 Å². The third-order valence-corrected chi connectivity index (χ3v) is 25.1. The molecule has 9 rings (SSSR count). The van der Waals surface area contributed by atoms with Crippen LogP contribution in [0.15, 0.2) is 105 Å². The molecular weight excluding hydrogens is 1840 g/mol. The molecule has 8 atom stereocenters. The van der Waals surface area contributed by atoms with Crippen molar-refractivity contribution in [2.24, 2.45) is 16.1 Å². The van der Waals surface area contributed by atoms with E-state index in [0.717, 1.165) is 33.9 Å². The average molecular weight is 1950 g/mol. The summed E-state index contributed by atoms with van der Waals surface area (Å²) in [6.07, 6.45) is 1.41. The fourth-order valence-corrected chi connectivity index (χ4v) is 17.2. The van der Waals surface area contributed by atoms with Crippen molar-refractivity contribution in [1.82, 2.24) is 76.3 Å². The van der Waals surface area contributed by atoms with Crippen molar-refractivity contribution in [3.63, 3.8) is 0 Å². The number of nitrogens with zero attached hydrogens (tertiary/aromatic N) is 11. The number of phenols is 1. The summed E-state index contributed by atoms with van der Waals surface area (Å²) in [5, 5.41) is 80.6. The fourth-order valence-electron chi connectivity index (χ4n) is 14.4. The quantitative estimate of drug-likeness (QED) is 0.00651. The number of imide groups is 1. The predicted octanol–water partition coefficient (Wildman–Crippen LogP) is 2.76. The number of nitrogen functional groups attached to an aromatic ring is 2. The molecule has 4 heterocycles. The molecule has 9 amide bonds. The highest BCUT2D eigenvalue weighted by molar-refractivity contribution is 8.00. The van der Waals surface area contributed by atoms with Gasteiger partial charge in [-0.05, 0) is 147 Å². The van der Waals surface area contributed by atoms with Crippen LogP contribution < -0.4 is 54.0 Å². The van der Waals surface area contributed by atoms with Crippen molar-refractivity contribution in [3.05, 3.63) is 107 Å². The number of carbonyl (C=O) groups is 14. The first-order valence-electron chi connectivity index (χ1n) is 42.4. The van der Waals surface area contributed by atoms with Gasteiger partial charge in [0.15, 0.2) is 39.1 Å². The Labute approximate surface area is 786 Å². The normalized spacial score (nSPS) is 15.9. The Bertz CT molecular complexity index is 5590. The van der Waals surface area contributed by atoms with Crippen molar-refractivity contribution < 1.29 is 120 Å². The van der Waals surface area contributed by atoms with E-state index in [1.54, 1.807) is 77.8 Å². The van der Waals surface area contributed by atoms with E-state index >= 15 is 0 Å². The number of thioether (sulfide) groups is 2. The van der Waals surface area contributed by atoms with Crippen LogP contribution in [0.4, 0.5) is 34.4 Å². The highest BCUT2D eigenvalue weighted by atomic mass is 32.2. The number of carbonyl (C=O) groups excluding carboxylic acids is 11. The van der Waals surface area contributed by atoms with Gasteiger partial charge in [0.05, 0.1) is 63.3 Å². The lowest BCUT2D eigenvalue weighted by molar-refractivity contribution is -0.143. The number of nitrogens with two attached hydrogens (primary N) is 2. The number of unbranched alkanes of at least 4 members (excludes halogenated alkanes) is 1. The molecule has 2 aliphatic rings. The lowest BCUT2D eigenvalue weighted by Gasteiger charge is -2.33.